The van der Waals surface area contributed by atoms with Crippen LogP contribution in [0, 0.1) is 11.8 Å². The second-order valence-electron chi connectivity index (χ2n) is 5.50. The number of aliphatic hydroxyl groups is 1. The van der Waals surface area contributed by atoms with Crippen molar-refractivity contribution < 1.29 is 5.11 Å². The summed E-state index contributed by atoms with van der Waals surface area (Å²) in [6, 6.07) is 6.55. The fourth-order valence-corrected chi connectivity index (χ4v) is 2.79. The van der Waals surface area contributed by atoms with Crippen molar-refractivity contribution in [2.45, 2.75) is 39.2 Å². The van der Waals surface area contributed by atoms with Crippen LogP contribution in [0.25, 0.3) is 0 Å². The van der Waals surface area contributed by atoms with Gasteiger partial charge in [-0.1, -0.05) is 32.0 Å². The third kappa shape index (κ3) is 2.53. The van der Waals surface area contributed by atoms with Crippen LogP contribution in [0.15, 0.2) is 18.2 Å². The van der Waals surface area contributed by atoms with Crippen molar-refractivity contribution in [3.63, 3.8) is 0 Å². The molecule has 0 spiro atoms. The molecular weight excluding hydrogens is 210 g/mol. The maximum Gasteiger partial charge on any atom is 0.0479 e. The van der Waals surface area contributed by atoms with Gasteiger partial charge in [0.1, 0.15) is 0 Å². The standard InChI is InChI=1S/C15H23NO/c1-10(2)14(9-17)15(16)13-7-6-11-4-3-5-12(11)8-13/h6-8,10,14-15,17H,3-5,9,16H2,1-2H3. The molecule has 1 aromatic carbocycles. The molecule has 0 aliphatic heterocycles. The monoisotopic (exact) mass is 233 g/mol. The molecule has 0 radical (unpaired) electrons. The largest absolute Gasteiger partial charge is 0.396 e. The molecule has 1 aromatic rings. The van der Waals surface area contributed by atoms with E-state index in [1.54, 1.807) is 0 Å². The zero-order chi connectivity index (χ0) is 12.4. The highest BCUT2D eigenvalue weighted by Gasteiger charge is 2.23. The fraction of sp³-hybridized carbons (Fsp3) is 0.600. The summed E-state index contributed by atoms with van der Waals surface area (Å²) in [6.45, 7) is 4.40. The lowest BCUT2D eigenvalue weighted by atomic mass is 9.85. The number of aliphatic hydroxyl groups excluding tert-OH is 1. The minimum Gasteiger partial charge on any atom is -0.396 e. The van der Waals surface area contributed by atoms with E-state index in [2.05, 4.69) is 32.0 Å². The van der Waals surface area contributed by atoms with Gasteiger partial charge in [0, 0.05) is 18.6 Å². The van der Waals surface area contributed by atoms with Gasteiger partial charge in [-0.25, -0.2) is 0 Å². The molecule has 0 bridgehead atoms. The van der Waals surface area contributed by atoms with Crippen molar-refractivity contribution in [3.05, 3.63) is 34.9 Å². The van der Waals surface area contributed by atoms with E-state index in [9.17, 15) is 5.11 Å². The van der Waals surface area contributed by atoms with Crippen LogP contribution in [0.3, 0.4) is 0 Å². The van der Waals surface area contributed by atoms with E-state index < -0.39 is 0 Å². The molecule has 0 heterocycles. The maximum absolute atomic E-state index is 9.44. The van der Waals surface area contributed by atoms with Crippen molar-refractivity contribution in [1.82, 2.24) is 0 Å². The van der Waals surface area contributed by atoms with Gasteiger partial charge in [0.2, 0.25) is 0 Å². The Morgan fingerprint density at radius 3 is 2.59 bits per heavy atom. The molecular formula is C15H23NO. The van der Waals surface area contributed by atoms with Gasteiger partial charge in [0.25, 0.3) is 0 Å². The van der Waals surface area contributed by atoms with Gasteiger partial charge < -0.3 is 10.8 Å². The molecule has 94 valence electrons. The zero-order valence-corrected chi connectivity index (χ0v) is 10.8. The number of hydrogen-bond donors (Lipinski definition) is 2. The summed E-state index contributed by atoms with van der Waals surface area (Å²) in [5.41, 5.74) is 10.4. The SMILES string of the molecule is CC(C)C(CO)C(N)c1ccc2c(c1)CCC2. The summed E-state index contributed by atoms with van der Waals surface area (Å²) >= 11 is 0. The molecule has 1 aliphatic rings. The molecule has 0 saturated heterocycles. The van der Waals surface area contributed by atoms with Crippen LogP contribution < -0.4 is 5.73 Å². The van der Waals surface area contributed by atoms with Crippen molar-refractivity contribution in [1.29, 1.82) is 0 Å². The predicted molar refractivity (Wildman–Crippen MR) is 70.8 cm³/mol. The topological polar surface area (TPSA) is 46.2 Å². The summed E-state index contributed by atoms with van der Waals surface area (Å²) in [5, 5.41) is 9.44. The Morgan fingerprint density at radius 2 is 1.94 bits per heavy atom. The van der Waals surface area contributed by atoms with Crippen molar-refractivity contribution in [2.75, 3.05) is 6.61 Å². The van der Waals surface area contributed by atoms with Gasteiger partial charge in [-0.3, -0.25) is 0 Å². The zero-order valence-electron chi connectivity index (χ0n) is 10.8. The quantitative estimate of drug-likeness (QED) is 0.839. The molecule has 0 amide bonds. The summed E-state index contributed by atoms with van der Waals surface area (Å²) in [5.74, 6) is 0.553. The van der Waals surface area contributed by atoms with Gasteiger partial charge in [0.05, 0.1) is 0 Å². The van der Waals surface area contributed by atoms with Gasteiger partial charge >= 0.3 is 0 Å². The number of aryl methyl sites for hydroxylation is 2. The second-order valence-corrected chi connectivity index (χ2v) is 5.50. The third-order valence-electron chi connectivity index (χ3n) is 4.04. The predicted octanol–water partition coefficient (Wildman–Crippen LogP) is 2.44. The van der Waals surface area contributed by atoms with Gasteiger partial charge in [0.15, 0.2) is 0 Å². The summed E-state index contributed by atoms with van der Waals surface area (Å²) in [6.07, 6.45) is 3.65. The Balaban J connectivity index is 2.21. The van der Waals surface area contributed by atoms with Gasteiger partial charge in [-0.15, -0.1) is 0 Å². The molecule has 1 aliphatic carbocycles. The molecule has 0 fully saturated rings. The molecule has 2 unspecified atom stereocenters. The average Bonchev–Trinajstić information content (AvgIpc) is 2.75. The Bertz CT molecular complexity index is 387. The fourth-order valence-electron chi connectivity index (χ4n) is 2.79. The van der Waals surface area contributed by atoms with Crippen molar-refractivity contribution in [3.8, 4) is 0 Å². The molecule has 0 aromatic heterocycles. The van der Waals surface area contributed by atoms with Crippen LogP contribution in [-0.2, 0) is 12.8 Å². The summed E-state index contributed by atoms with van der Waals surface area (Å²) < 4.78 is 0. The highest BCUT2D eigenvalue weighted by atomic mass is 16.3. The molecule has 3 N–H and O–H groups in total. The van der Waals surface area contributed by atoms with E-state index in [0.717, 1.165) is 0 Å². The minimum absolute atomic E-state index is 0.0501. The molecule has 2 atom stereocenters. The Hall–Kier alpha value is -0.860. The first-order chi connectivity index (χ1) is 8.13. The molecule has 2 heteroatoms. The lowest BCUT2D eigenvalue weighted by Crippen LogP contribution is -2.28. The lowest BCUT2D eigenvalue weighted by molar-refractivity contribution is 0.166. The third-order valence-corrected chi connectivity index (χ3v) is 4.04. The van der Waals surface area contributed by atoms with Gasteiger partial charge in [-0.2, -0.15) is 0 Å². The summed E-state index contributed by atoms with van der Waals surface area (Å²) in [7, 11) is 0. The van der Waals surface area contributed by atoms with Crippen LogP contribution in [0.2, 0.25) is 0 Å². The number of nitrogens with two attached hydrogens (primary N) is 1. The molecule has 2 nitrogen and oxygen atoms in total. The van der Waals surface area contributed by atoms with Crippen molar-refractivity contribution in [2.24, 2.45) is 17.6 Å². The average molecular weight is 233 g/mol. The second kappa shape index (κ2) is 5.19. The minimum atomic E-state index is -0.0501. The Kier molecular flexibility index (Phi) is 3.85. The highest BCUT2D eigenvalue weighted by Crippen LogP contribution is 2.29. The van der Waals surface area contributed by atoms with E-state index in [1.165, 1.54) is 36.0 Å². The smallest absolute Gasteiger partial charge is 0.0479 e. The number of fused-ring (bicyclic) bond motifs is 1. The number of rotatable bonds is 4. The number of hydrogen-bond acceptors (Lipinski definition) is 2. The molecule has 2 rings (SSSR count). The Labute approximate surface area is 104 Å². The number of benzene rings is 1. The molecule has 17 heavy (non-hydrogen) atoms. The van der Waals surface area contributed by atoms with Crippen LogP contribution in [0.1, 0.15) is 43.0 Å². The maximum atomic E-state index is 9.44. The Morgan fingerprint density at radius 1 is 1.24 bits per heavy atom. The van der Waals surface area contributed by atoms with Crippen molar-refractivity contribution >= 4 is 0 Å². The molecule has 0 saturated carbocycles. The van der Waals surface area contributed by atoms with E-state index in [0.29, 0.717) is 5.92 Å². The first-order valence-electron chi connectivity index (χ1n) is 6.61. The van der Waals surface area contributed by atoms with Crippen LogP contribution >= 0.6 is 0 Å². The van der Waals surface area contributed by atoms with E-state index >= 15 is 0 Å². The van der Waals surface area contributed by atoms with Crippen LogP contribution in [0.5, 0.6) is 0 Å². The summed E-state index contributed by atoms with van der Waals surface area (Å²) in [4.78, 5) is 0. The normalized spacial score (nSPS) is 18.2. The lowest BCUT2D eigenvalue weighted by Gasteiger charge is -2.26. The van der Waals surface area contributed by atoms with Crippen LogP contribution in [-0.4, -0.2) is 11.7 Å². The first-order valence-corrected chi connectivity index (χ1v) is 6.61. The van der Waals surface area contributed by atoms with E-state index in [4.69, 9.17) is 5.73 Å². The first kappa shape index (κ1) is 12.6. The van der Waals surface area contributed by atoms with Crippen LogP contribution in [0.4, 0.5) is 0 Å². The van der Waals surface area contributed by atoms with Gasteiger partial charge in [-0.05, 0) is 41.9 Å². The van der Waals surface area contributed by atoms with E-state index in [1.807, 2.05) is 0 Å². The van der Waals surface area contributed by atoms with E-state index in [-0.39, 0.29) is 18.6 Å². The highest BCUT2D eigenvalue weighted by molar-refractivity contribution is 5.36.